The maximum absolute atomic E-state index is 15.1. The van der Waals surface area contributed by atoms with Crippen molar-refractivity contribution in [2.45, 2.75) is 63.3 Å². The molecule has 1 aliphatic heterocycles. The van der Waals surface area contributed by atoms with Crippen LogP contribution in [0.5, 0.6) is 0 Å². The highest BCUT2D eigenvalue weighted by Crippen LogP contribution is 2.55. The van der Waals surface area contributed by atoms with Gasteiger partial charge in [-0.2, -0.15) is 8.78 Å². The Morgan fingerprint density at radius 3 is 2.55 bits per heavy atom. The standard InChI is InChI=1S/C20H24F2O7/c1-9-4-3-5-12(23)18(26)14(25)7-10-6-11(10)17-16(19(27)29-9)13(24)8-15(28-2)20(17,21)22/h8-11,14,18,25-26H,3-7H2,1-2H3/t9-,10+,11-,14-,18+/m0/s1. The normalized spacial score (nSPS) is 35.7. The number of ether oxygens (including phenoxy) is 2. The minimum Gasteiger partial charge on any atom is -0.494 e. The van der Waals surface area contributed by atoms with Gasteiger partial charge in [0, 0.05) is 18.1 Å². The Bertz CT molecular complexity index is 786. The predicted molar refractivity (Wildman–Crippen MR) is 94.7 cm³/mol. The molecule has 0 unspecified atom stereocenters. The minimum atomic E-state index is -3.68. The number of hydrogen-bond acceptors (Lipinski definition) is 7. The summed E-state index contributed by atoms with van der Waals surface area (Å²) in [5.74, 6) is -8.51. The third-order valence-electron chi connectivity index (χ3n) is 5.72. The van der Waals surface area contributed by atoms with Gasteiger partial charge in [0.05, 0.1) is 19.3 Å². The summed E-state index contributed by atoms with van der Waals surface area (Å²) in [7, 11) is 1.01. The Hall–Kier alpha value is -2.13. The van der Waals surface area contributed by atoms with Crippen LogP contribution < -0.4 is 0 Å². The molecule has 1 saturated carbocycles. The van der Waals surface area contributed by atoms with Gasteiger partial charge in [-0.3, -0.25) is 9.59 Å². The van der Waals surface area contributed by atoms with Crippen LogP contribution in [0.25, 0.3) is 0 Å². The second kappa shape index (κ2) is 7.95. The van der Waals surface area contributed by atoms with Crippen molar-refractivity contribution in [3.63, 3.8) is 0 Å². The van der Waals surface area contributed by atoms with Gasteiger partial charge in [0.15, 0.2) is 17.3 Å². The number of rotatable bonds is 1. The molecule has 2 N–H and O–H groups in total. The van der Waals surface area contributed by atoms with Crippen molar-refractivity contribution in [1.29, 1.82) is 0 Å². The molecule has 2 aliphatic carbocycles. The number of alkyl halides is 2. The third-order valence-corrected chi connectivity index (χ3v) is 5.72. The number of Topliss-reactive ketones (excluding diaryl/α,β-unsaturated/α-hetero) is 1. The van der Waals surface area contributed by atoms with Crippen LogP contribution in [0.4, 0.5) is 8.78 Å². The fourth-order valence-corrected chi connectivity index (χ4v) is 4.05. The summed E-state index contributed by atoms with van der Waals surface area (Å²) < 4.78 is 40.0. The number of cyclic esters (lactones) is 1. The lowest BCUT2D eigenvalue weighted by Crippen LogP contribution is -2.37. The first kappa shape index (κ1) is 21.6. The summed E-state index contributed by atoms with van der Waals surface area (Å²) in [5, 5.41) is 20.2. The van der Waals surface area contributed by atoms with E-state index in [9.17, 15) is 24.6 Å². The molecule has 0 saturated heterocycles. The van der Waals surface area contributed by atoms with Gasteiger partial charge in [0.1, 0.15) is 11.7 Å². The van der Waals surface area contributed by atoms with E-state index < -0.39 is 70.5 Å². The van der Waals surface area contributed by atoms with Gasteiger partial charge < -0.3 is 19.7 Å². The Morgan fingerprint density at radius 1 is 1.21 bits per heavy atom. The van der Waals surface area contributed by atoms with E-state index in [2.05, 4.69) is 4.74 Å². The predicted octanol–water partition coefficient (Wildman–Crippen LogP) is 1.46. The van der Waals surface area contributed by atoms with E-state index in [-0.39, 0.29) is 32.1 Å². The average Bonchev–Trinajstić information content (AvgIpc) is 3.39. The number of aliphatic hydroxyl groups is 2. The molecule has 3 rings (SSSR count). The molecule has 29 heavy (non-hydrogen) atoms. The first-order valence-electron chi connectivity index (χ1n) is 9.60. The molecule has 9 heteroatoms. The molecule has 0 amide bonds. The number of aliphatic hydroxyl groups excluding tert-OH is 2. The van der Waals surface area contributed by atoms with Gasteiger partial charge in [-0.1, -0.05) is 0 Å². The van der Waals surface area contributed by atoms with Crippen molar-refractivity contribution in [2.75, 3.05) is 7.11 Å². The monoisotopic (exact) mass is 414 g/mol. The van der Waals surface area contributed by atoms with Crippen molar-refractivity contribution in [3.05, 3.63) is 23.0 Å². The number of halogens is 2. The van der Waals surface area contributed by atoms with Crippen LogP contribution in [0.3, 0.4) is 0 Å². The second-order valence-corrected chi connectivity index (χ2v) is 7.86. The van der Waals surface area contributed by atoms with Crippen molar-refractivity contribution in [1.82, 2.24) is 0 Å². The van der Waals surface area contributed by atoms with Crippen molar-refractivity contribution in [3.8, 4) is 0 Å². The number of fused-ring (bicyclic) bond motifs is 2. The molecule has 5 atom stereocenters. The first-order valence-corrected chi connectivity index (χ1v) is 9.60. The topological polar surface area (TPSA) is 110 Å². The van der Waals surface area contributed by atoms with E-state index in [1.54, 1.807) is 0 Å². The number of ketones is 2. The summed E-state index contributed by atoms with van der Waals surface area (Å²) in [6.07, 6.45) is -2.56. The minimum absolute atomic E-state index is 0.0148. The average molecular weight is 414 g/mol. The molecular weight excluding hydrogens is 390 g/mol. The van der Waals surface area contributed by atoms with E-state index in [1.807, 2.05) is 0 Å². The lowest BCUT2D eigenvalue weighted by Gasteiger charge is -2.28. The first-order chi connectivity index (χ1) is 13.6. The zero-order valence-electron chi connectivity index (χ0n) is 16.2. The molecule has 1 fully saturated rings. The van der Waals surface area contributed by atoms with Crippen LogP contribution in [-0.4, -0.2) is 59.1 Å². The Labute approximate surface area is 166 Å². The second-order valence-electron chi connectivity index (χ2n) is 7.86. The summed E-state index contributed by atoms with van der Waals surface area (Å²) in [4.78, 5) is 37.1. The van der Waals surface area contributed by atoms with Crippen LogP contribution in [0.1, 0.15) is 39.0 Å². The lowest BCUT2D eigenvalue weighted by atomic mass is 9.86. The van der Waals surface area contributed by atoms with E-state index in [0.29, 0.717) is 6.08 Å². The molecule has 160 valence electrons. The number of carbonyl (C=O) groups excluding carboxylic acids is 3. The molecule has 0 radical (unpaired) electrons. The maximum atomic E-state index is 15.1. The van der Waals surface area contributed by atoms with Crippen LogP contribution >= 0.6 is 0 Å². The lowest BCUT2D eigenvalue weighted by molar-refractivity contribution is -0.145. The summed E-state index contributed by atoms with van der Waals surface area (Å²) >= 11 is 0. The molecule has 3 aliphatic rings. The SMILES string of the molecule is COC1=CC(=O)C2=C([C@H]3C[C@@H]3C[C@H](O)[C@H](O)C(=O)CCC[C@H](C)OC2=O)C1(F)F. The van der Waals surface area contributed by atoms with Crippen molar-refractivity contribution >= 4 is 17.5 Å². The summed E-state index contributed by atoms with van der Waals surface area (Å²) in [6.45, 7) is 1.53. The van der Waals surface area contributed by atoms with E-state index in [1.165, 1.54) is 6.92 Å². The Kier molecular flexibility index (Phi) is 5.91. The molecule has 0 aromatic carbocycles. The maximum Gasteiger partial charge on any atom is 0.342 e. The number of carbonyl (C=O) groups is 3. The largest absolute Gasteiger partial charge is 0.494 e. The van der Waals surface area contributed by atoms with E-state index in [0.717, 1.165) is 7.11 Å². The number of allylic oxidation sites excluding steroid dienone is 2. The number of hydrogen-bond donors (Lipinski definition) is 2. The van der Waals surface area contributed by atoms with E-state index in [4.69, 9.17) is 4.74 Å². The Balaban J connectivity index is 2.01. The molecule has 0 aromatic heterocycles. The zero-order valence-corrected chi connectivity index (χ0v) is 16.2. The van der Waals surface area contributed by atoms with Crippen LogP contribution in [-0.2, 0) is 23.9 Å². The molecule has 0 bridgehead atoms. The van der Waals surface area contributed by atoms with Crippen molar-refractivity contribution in [2.24, 2.45) is 11.8 Å². The smallest absolute Gasteiger partial charge is 0.342 e. The fourth-order valence-electron chi connectivity index (χ4n) is 4.05. The van der Waals surface area contributed by atoms with E-state index >= 15 is 8.78 Å². The van der Waals surface area contributed by atoms with Crippen LogP contribution in [0.15, 0.2) is 23.0 Å². The molecule has 7 nitrogen and oxygen atoms in total. The van der Waals surface area contributed by atoms with Gasteiger partial charge >= 0.3 is 11.9 Å². The highest BCUT2D eigenvalue weighted by molar-refractivity contribution is 6.23. The summed E-state index contributed by atoms with van der Waals surface area (Å²) in [6, 6.07) is 0. The quantitative estimate of drug-likeness (QED) is 0.494. The third kappa shape index (κ3) is 4.11. The zero-order chi connectivity index (χ0) is 21.5. The van der Waals surface area contributed by atoms with Gasteiger partial charge in [0.2, 0.25) is 0 Å². The molecule has 0 spiro atoms. The van der Waals surface area contributed by atoms with Gasteiger partial charge in [-0.15, -0.1) is 0 Å². The highest BCUT2D eigenvalue weighted by atomic mass is 19.3. The number of esters is 1. The van der Waals surface area contributed by atoms with Crippen molar-refractivity contribution < 1.29 is 42.9 Å². The van der Waals surface area contributed by atoms with Gasteiger partial charge in [0.25, 0.3) is 0 Å². The number of methoxy groups -OCH3 is 1. The molecule has 1 heterocycles. The summed E-state index contributed by atoms with van der Waals surface area (Å²) in [5.41, 5.74) is -1.37. The van der Waals surface area contributed by atoms with Gasteiger partial charge in [-0.25, -0.2) is 4.79 Å². The van der Waals surface area contributed by atoms with Gasteiger partial charge in [-0.05, 0) is 44.4 Å². The van der Waals surface area contributed by atoms with Crippen LogP contribution in [0, 0.1) is 11.8 Å². The molecular formula is C20H24F2O7. The van der Waals surface area contributed by atoms with Crippen LogP contribution in [0.2, 0.25) is 0 Å². The highest BCUT2D eigenvalue weighted by Gasteiger charge is 2.57. The molecule has 0 aromatic rings. The Morgan fingerprint density at radius 2 is 1.90 bits per heavy atom. The fraction of sp³-hybridized carbons (Fsp3) is 0.650.